The van der Waals surface area contributed by atoms with Crippen LogP contribution in [0.4, 0.5) is 17.2 Å². The topological polar surface area (TPSA) is 81.4 Å². The molecule has 0 bridgehead atoms. The third-order valence-electron chi connectivity index (χ3n) is 3.86. The molecule has 1 aromatic heterocycles. The summed E-state index contributed by atoms with van der Waals surface area (Å²) in [6, 6.07) is 13.8. The van der Waals surface area contributed by atoms with E-state index in [0.29, 0.717) is 6.54 Å². The predicted molar refractivity (Wildman–Crippen MR) is 96.5 cm³/mol. The van der Waals surface area contributed by atoms with Crippen LogP contribution in [0.1, 0.15) is 13.8 Å². The van der Waals surface area contributed by atoms with E-state index >= 15 is 0 Å². The highest BCUT2D eigenvalue weighted by atomic mass is 16.6. The first kappa shape index (κ1) is 16.6. The molecule has 0 aliphatic rings. The number of anilines is 2. The molecule has 0 aliphatic heterocycles. The molecule has 7 heteroatoms. The van der Waals surface area contributed by atoms with Crippen LogP contribution in [0.15, 0.2) is 48.8 Å². The maximum Gasteiger partial charge on any atom is 0.373 e. The smallest absolute Gasteiger partial charge is 0.373 e. The number of benzene rings is 2. The Bertz CT molecular complexity index is 908. The molecule has 0 radical (unpaired) electrons. The van der Waals surface area contributed by atoms with Crippen LogP contribution >= 0.6 is 0 Å². The Labute approximate surface area is 145 Å². The van der Waals surface area contributed by atoms with Gasteiger partial charge in [0.05, 0.1) is 17.2 Å². The van der Waals surface area contributed by atoms with Crippen molar-refractivity contribution in [2.75, 3.05) is 18.1 Å². The molecule has 0 unspecified atom stereocenters. The summed E-state index contributed by atoms with van der Waals surface area (Å²) in [5.74, 6) is 0.207. The minimum Gasteiger partial charge on any atom is -0.473 e. The van der Waals surface area contributed by atoms with E-state index in [2.05, 4.69) is 9.97 Å². The van der Waals surface area contributed by atoms with Crippen LogP contribution in [0.25, 0.3) is 10.8 Å². The highest BCUT2D eigenvalue weighted by Gasteiger charge is 2.29. The van der Waals surface area contributed by atoms with Crippen molar-refractivity contribution in [3.63, 3.8) is 0 Å². The van der Waals surface area contributed by atoms with Gasteiger partial charge in [-0.15, -0.1) is 0 Å². The normalized spacial score (nSPS) is 10.6. The number of hydrogen-bond acceptors (Lipinski definition) is 6. The molecular weight excluding hydrogens is 320 g/mol. The van der Waals surface area contributed by atoms with Crippen molar-refractivity contribution in [1.29, 1.82) is 0 Å². The Morgan fingerprint density at radius 1 is 1.12 bits per heavy atom. The van der Waals surface area contributed by atoms with Crippen molar-refractivity contribution < 1.29 is 9.66 Å². The first-order chi connectivity index (χ1) is 12.2. The van der Waals surface area contributed by atoms with E-state index in [1.54, 1.807) is 6.92 Å². The number of aromatic nitrogens is 2. The lowest BCUT2D eigenvalue weighted by atomic mass is 10.1. The molecule has 0 fully saturated rings. The van der Waals surface area contributed by atoms with Crippen LogP contribution < -0.4 is 9.64 Å². The van der Waals surface area contributed by atoms with E-state index in [1.807, 2.05) is 54.3 Å². The number of nitrogens with zero attached hydrogens (tertiary/aromatic N) is 4. The van der Waals surface area contributed by atoms with Gasteiger partial charge in [0.2, 0.25) is 5.82 Å². The standard InChI is InChI=1S/C18H18N4O3/c1-3-21(15-11-7-9-13-8-5-6-10-14(13)15)17-16(22(23)24)18(25-4-2)20-12-19-17/h5-12H,3-4H2,1-2H3. The molecular formula is C18H18N4O3. The summed E-state index contributed by atoms with van der Waals surface area (Å²) < 4.78 is 5.34. The fourth-order valence-corrected chi connectivity index (χ4v) is 2.83. The van der Waals surface area contributed by atoms with Gasteiger partial charge in [-0.25, -0.2) is 4.98 Å². The summed E-state index contributed by atoms with van der Waals surface area (Å²) in [5.41, 5.74) is 0.629. The van der Waals surface area contributed by atoms with Crippen molar-refractivity contribution in [2.24, 2.45) is 0 Å². The molecule has 3 rings (SSSR count). The Morgan fingerprint density at radius 2 is 1.88 bits per heavy atom. The zero-order valence-corrected chi connectivity index (χ0v) is 14.0. The van der Waals surface area contributed by atoms with Gasteiger partial charge in [-0.3, -0.25) is 10.1 Å². The van der Waals surface area contributed by atoms with Crippen molar-refractivity contribution in [3.8, 4) is 5.88 Å². The Hall–Kier alpha value is -3.22. The Balaban J connectivity index is 2.22. The van der Waals surface area contributed by atoms with E-state index in [4.69, 9.17) is 4.74 Å². The number of ether oxygens (including phenoxy) is 1. The first-order valence-corrected chi connectivity index (χ1v) is 8.04. The summed E-state index contributed by atoms with van der Waals surface area (Å²) in [6.45, 7) is 4.48. The molecule has 7 nitrogen and oxygen atoms in total. The van der Waals surface area contributed by atoms with Crippen LogP contribution in [0.5, 0.6) is 5.88 Å². The summed E-state index contributed by atoms with van der Waals surface area (Å²) in [4.78, 5) is 21.1. The summed E-state index contributed by atoms with van der Waals surface area (Å²) in [7, 11) is 0. The van der Waals surface area contributed by atoms with Crippen molar-refractivity contribution in [3.05, 3.63) is 58.9 Å². The minimum atomic E-state index is -0.492. The van der Waals surface area contributed by atoms with Crippen LogP contribution in [0, 0.1) is 10.1 Å². The van der Waals surface area contributed by atoms with Crippen LogP contribution in [-0.2, 0) is 0 Å². The minimum absolute atomic E-state index is 0.0174. The monoisotopic (exact) mass is 338 g/mol. The van der Waals surface area contributed by atoms with Gasteiger partial charge in [0.1, 0.15) is 6.33 Å². The molecule has 0 amide bonds. The van der Waals surface area contributed by atoms with E-state index in [9.17, 15) is 10.1 Å². The maximum absolute atomic E-state index is 11.7. The van der Waals surface area contributed by atoms with E-state index in [0.717, 1.165) is 16.5 Å². The average Bonchev–Trinajstić information content (AvgIpc) is 2.63. The molecule has 0 saturated heterocycles. The second-order valence-corrected chi connectivity index (χ2v) is 5.28. The number of nitro groups is 1. The fraction of sp³-hybridized carbons (Fsp3) is 0.222. The van der Waals surface area contributed by atoms with Gasteiger partial charge in [-0.2, -0.15) is 4.98 Å². The molecule has 1 heterocycles. The average molecular weight is 338 g/mol. The molecule has 128 valence electrons. The zero-order valence-electron chi connectivity index (χ0n) is 14.0. The molecule has 0 atom stereocenters. The Kier molecular flexibility index (Phi) is 4.74. The highest BCUT2D eigenvalue weighted by molar-refractivity contribution is 5.96. The summed E-state index contributed by atoms with van der Waals surface area (Å²) in [5, 5.41) is 13.7. The second kappa shape index (κ2) is 7.12. The summed E-state index contributed by atoms with van der Waals surface area (Å²) >= 11 is 0. The Morgan fingerprint density at radius 3 is 2.60 bits per heavy atom. The number of hydrogen-bond donors (Lipinski definition) is 0. The van der Waals surface area contributed by atoms with Gasteiger partial charge >= 0.3 is 5.69 Å². The lowest BCUT2D eigenvalue weighted by Crippen LogP contribution is -2.20. The molecule has 25 heavy (non-hydrogen) atoms. The van der Waals surface area contributed by atoms with Gasteiger partial charge in [-0.05, 0) is 25.3 Å². The summed E-state index contributed by atoms with van der Waals surface area (Å²) in [6.07, 6.45) is 1.29. The van der Waals surface area contributed by atoms with Crippen molar-refractivity contribution in [1.82, 2.24) is 9.97 Å². The second-order valence-electron chi connectivity index (χ2n) is 5.28. The molecule has 0 saturated carbocycles. The SMILES string of the molecule is CCOc1ncnc(N(CC)c2cccc3ccccc23)c1[N+](=O)[O-]. The number of fused-ring (bicyclic) bond motifs is 1. The predicted octanol–water partition coefficient (Wildman–Crippen LogP) is 4.09. The van der Waals surface area contributed by atoms with Crippen molar-refractivity contribution in [2.45, 2.75) is 13.8 Å². The van der Waals surface area contributed by atoms with Gasteiger partial charge in [0, 0.05) is 11.9 Å². The van der Waals surface area contributed by atoms with Crippen molar-refractivity contribution >= 4 is 28.0 Å². The van der Waals surface area contributed by atoms with Crippen LogP contribution in [-0.4, -0.2) is 28.0 Å². The van der Waals surface area contributed by atoms with Gasteiger partial charge < -0.3 is 9.64 Å². The zero-order chi connectivity index (χ0) is 17.8. The van der Waals surface area contributed by atoms with Gasteiger partial charge in [0.15, 0.2) is 0 Å². The maximum atomic E-state index is 11.7. The van der Waals surface area contributed by atoms with E-state index < -0.39 is 4.92 Å². The molecule has 0 aliphatic carbocycles. The fourth-order valence-electron chi connectivity index (χ4n) is 2.83. The molecule has 0 N–H and O–H groups in total. The van der Waals surface area contributed by atoms with E-state index in [-0.39, 0.29) is 24.0 Å². The quantitative estimate of drug-likeness (QED) is 0.497. The van der Waals surface area contributed by atoms with Crippen LogP contribution in [0.3, 0.4) is 0 Å². The lowest BCUT2D eigenvalue weighted by Gasteiger charge is -2.23. The van der Waals surface area contributed by atoms with Crippen LogP contribution in [0.2, 0.25) is 0 Å². The molecule has 0 spiro atoms. The highest BCUT2D eigenvalue weighted by Crippen LogP contribution is 2.39. The third kappa shape index (κ3) is 3.08. The molecule has 3 aromatic rings. The van der Waals surface area contributed by atoms with Gasteiger partial charge in [0.25, 0.3) is 5.88 Å². The van der Waals surface area contributed by atoms with Gasteiger partial charge in [-0.1, -0.05) is 36.4 Å². The molecule has 2 aromatic carbocycles. The largest absolute Gasteiger partial charge is 0.473 e. The first-order valence-electron chi connectivity index (χ1n) is 8.04. The third-order valence-corrected chi connectivity index (χ3v) is 3.86. The number of rotatable bonds is 6. The van der Waals surface area contributed by atoms with E-state index in [1.165, 1.54) is 6.33 Å². The lowest BCUT2D eigenvalue weighted by molar-refractivity contribution is -0.385.